The molecule has 0 spiro atoms. The number of hydrogen-bond acceptors (Lipinski definition) is 6. The van der Waals surface area contributed by atoms with Gasteiger partial charge in [0.05, 0.1) is 11.3 Å². The van der Waals surface area contributed by atoms with Gasteiger partial charge < -0.3 is 15.0 Å². The van der Waals surface area contributed by atoms with E-state index in [1.807, 2.05) is 24.3 Å². The fourth-order valence-electron chi connectivity index (χ4n) is 2.60. The van der Waals surface area contributed by atoms with Crippen LogP contribution in [-0.4, -0.2) is 15.1 Å². The van der Waals surface area contributed by atoms with Crippen LogP contribution in [0.4, 0.5) is 10.2 Å². The predicted molar refractivity (Wildman–Crippen MR) is 97.7 cm³/mol. The Morgan fingerprint density at radius 3 is 2.67 bits per heavy atom. The van der Waals surface area contributed by atoms with Crippen LogP contribution >= 0.6 is 0 Å². The molecule has 1 aromatic carbocycles. The molecular weight excluding hydrogens is 347 g/mol. The Kier molecular flexibility index (Phi) is 4.49. The van der Waals surface area contributed by atoms with E-state index in [2.05, 4.69) is 15.1 Å². The van der Waals surface area contributed by atoms with Gasteiger partial charge >= 0.3 is 0 Å². The van der Waals surface area contributed by atoms with Crippen LogP contribution in [0.3, 0.4) is 0 Å². The lowest BCUT2D eigenvalue weighted by Crippen LogP contribution is -1.92. The van der Waals surface area contributed by atoms with Gasteiger partial charge in [0.15, 0.2) is 5.76 Å². The normalized spacial score (nSPS) is 10.7. The van der Waals surface area contributed by atoms with Gasteiger partial charge in [-0.15, -0.1) is 0 Å². The third kappa shape index (κ3) is 3.92. The smallest absolute Gasteiger partial charge is 0.221 e. The molecule has 0 saturated heterocycles. The third-order valence-electron chi connectivity index (χ3n) is 3.88. The lowest BCUT2D eigenvalue weighted by molar-refractivity contribution is 0.425. The summed E-state index contributed by atoms with van der Waals surface area (Å²) >= 11 is 0. The molecule has 0 aliphatic heterocycles. The first kappa shape index (κ1) is 16.7. The van der Waals surface area contributed by atoms with E-state index in [4.69, 9.17) is 15.0 Å². The molecule has 3 heterocycles. The molecule has 0 aliphatic carbocycles. The second kappa shape index (κ2) is 7.25. The van der Waals surface area contributed by atoms with E-state index >= 15 is 0 Å². The summed E-state index contributed by atoms with van der Waals surface area (Å²) in [7, 11) is 0. The van der Waals surface area contributed by atoms with E-state index in [0.29, 0.717) is 29.3 Å². The van der Waals surface area contributed by atoms with Gasteiger partial charge in [-0.1, -0.05) is 23.4 Å². The van der Waals surface area contributed by atoms with Gasteiger partial charge in [-0.25, -0.2) is 4.98 Å². The molecule has 3 aromatic heterocycles. The molecule has 134 valence electrons. The summed E-state index contributed by atoms with van der Waals surface area (Å²) in [5, 5.41) is 4.09. The van der Waals surface area contributed by atoms with Crippen molar-refractivity contribution in [1.82, 2.24) is 15.1 Å². The van der Waals surface area contributed by atoms with Gasteiger partial charge in [-0.2, -0.15) is 9.37 Å². The largest absolute Gasteiger partial charge is 0.439 e. The summed E-state index contributed by atoms with van der Waals surface area (Å²) in [6.07, 6.45) is 2.21. The highest BCUT2D eigenvalue weighted by Gasteiger charge is 2.11. The van der Waals surface area contributed by atoms with Crippen LogP contribution in [-0.2, 0) is 6.42 Å². The van der Waals surface area contributed by atoms with Gasteiger partial charge in [0.2, 0.25) is 11.8 Å². The SMILES string of the molecule is Nc1ncccc1-c1cc(Cc2ccc(Oc3cccc(F)n3)cc2)no1. The quantitative estimate of drug-likeness (QED) is 0.535. The zero-order chi connectivity index (χ0) is 18.6. The molecule has 0 bridgehead atoms. The van der Waals surface area contributed by atoms with Crippen molar-refractivity contribution in [1.29, 1.82) is 0 Å². The molecule has 0 fully saturated rings. The van der Waals surface area contributed by atoms with Gasteiger partial charge in [0.1, 0.15) is 11.6 Å². The molecule has 27 heavy (non-hydrogen) atoms. The number of pyridine rings is 2. The minimum Gasteiger partial charge on any atom is -0.439 e. The molecule has 4 rings (SSSR count). The Hall–Kier alpha value is -3.74. The van der Waals surface area contributed by atoms with Crippen molar-refractivity contribution in [3.05, 3.63) is 84.1 Å². The van der Waals surface area contributed by atoms with Crippen molar-refractivity contribution in [2.75, 3.05) is 5.73 Å². The third-order valence-corrected chi connectivity index (χ3v) is 3.88. The van der Waals surface area contributed by atoms with Gasteiger partial charge in [0, 0.05) is 24.8 Å². The van der Waals surface area contributed by atoms with Crippen LogP contribution in [0.25, 0.3) is 11.3 Å². The van der Waals surface area contributed by atoms with Gasteiger partial charge in [-0.05, 0) is 35.9 Å². The molecule has 0 saturated carbocycles. The number of nitrogens with zero attached hydrogens (tertiary/aromatic N) is 3. The van der Waals surface area contributed by atoms with Crippen molar-refractivity contribution in [2.45, 2.75) is 6.42 Å². The standard InChI is InChI=1S/C20H15FN4O2/c21-18-4-1-5-19(24-18)26-15-8-6-13(7-9-15)11-14-12-17(27-25-14)16-3-2-10-23-20(16)22/h1-10,12H,11H2,(H2,22,23). The number of ether oxygens (including phenoxy) is 1. The lowest BCUT2D eigenvalue weighted by Gasteiger charge is -2.05. The second-order valence-corrected chi connectivity index (χ2v) is 5.84. The second-order valence-electron chi connectivity index (χ2n) is 5.84. The first-order valence-electron chi connectivity index (χ1n) is 8.23. The molecule has 0 atom stereocenters. The molecule has 6 nitrogen and oxygen atoms in total. The van der Waals surface area contributed by atoms with Crippen LogP contribution < -0.4 is 10.5 Å². The topological polar surface area (TPSA) is 87.1 Å². The molecular formula is C20H15FN4O2. The number of hydrogen-bond donors (Lipinski definition) is 1. The summed E-state index contributed by atoms with van der Waals surface area (Å²) < 4.78 is 24.0. The Balaban J connectivity index is 1.45. The number of anilines is 1. The van der Waals surface area contributed by atoms with Gasteiger partial charge in [0.25, 0.3) is 0 Å². The van der Waals surface area contributed by atoms with E-state index in [1.165, 1.54) is 6.07 Å². The number of nitrogen functional groups attached to an aromatic ring is 1. The average molecular weight is 362 g/mol. The fraction of sp³-hybridized carbons (Fsp3) is 0.0500. The highest BCUT2D eigenvalue weighted by Crippen LogP contribution is 2.26. The molecule has 0 amide bonds. The highest BCUT2D eigenvalue weighted by molar-refractivity contribution is 5.69. The maximum atomic E-state index is 13.1. The Morgan fingerprint density at radius 1 is 1.04 bits per heavy atom. The summed E-state index contributed by atoms with van der Waals surface area (Å²) in [6.45, 7) is 0. The van der Waals surface area contributed by atoms with Crippen LogP contribution in [0.2, 0.25) is 0 Å². The minimum absolute atomic E-state index is 0.206. The molecule has 2 N–H and O–H groups in total. The maximum Gasteiger partial charge on any atom is 0.221 e. The predicted octanol–water partition coefficient (Wildman–Crippen LogP) is 4.24. The van der Waals surface area contributed by atoms with Crippen LogP contribution in [0.1, 0.15) is 11.3 Å². The summed E-state index contributed by atoms with van der Waals surface area (Å²) in [5.41, 5.74) is 8.37. The number of aromatic nitrogens is 3. The summed E-state index contributed by atoms with van der Waals surface area (Å²) in [6, 6.07) is 17.3. The van der Waals surface area contributed by atoms with E-state index in [-0.39, 0.29) is 5.88 Å². The Bertz CT molecular complexity index is 1060. The van der Waals surface area contributed by atoms with E-state index in [0.717, 1.165) is 11.3 Å². The average Bonchev–Trinajstić information content (AvgIpc) is 3.12. The molecule has 0 aliphatic rings. The zero-order valence-electron chi connectivity index (χ0n) is 14.2. The number of nitrogens with two attached hydrogens (primary N) is 1. The number of benzene rings is 1. The van der Waals surface area contributed by atoms with Crippen LogP contribution in [0.5, 0.6) is 11.6 Å². The number of halogens is 1. The highest BCUT2D eigenvalue weighted by atomic mass is 19.1. The van der Waals surface area contributed by atoms with Crippen molar-refractivity contribution >= 4 is 5.82 Å². The van der Waals surface area contributed by atoms with Crippen LogP contribution in [0.15, 0.2) is 71.4 Å². The van der Waals surface area contributed by atoms with Crippen molar-refractivity contribution in [3.63, 3.8) is 0 Å². The molecule has 7 heteroatoms. The zero-order valence-corrected chi connectivity index (χ0v) is 14.2. The van der Waals surface area contributed by atoms with Crippen molar-refractivity contribution in [2.24, 2.45) is 0 Å². The first-order valence-corrected chi connectivity index (χ1v) is 8.23. The van der Waals surface area contributed by atoms with Crippen molar-refractivity contribution < 1.29 is 13.7 Å². The molecule has 4 aromatic rings. The summed E-state index contributed by atoms with van der Waals surface area (Å²) in [5.74, 6) is 1.17. The fourth-order valence-corrected chi connectivity index (χ4v) is 2.60. The van der Waals surface area contributed by atoms with Crippen molar-refractivity contribution in [3.8, 4) is 23.0 Å². The van der Waals surface area contributed by atoms with Gasteiger partial charge in [-0.3, -0.25) is 0 Å². The Morgan fingerprint density at radius 2 is 1.89 bits per heavy atom. The monoisotopic (exact) mass is 362 g/mol. The lowest BCUT2D eigenvalue weighted by atomic mass is 10.1. The van der Waals surface area contributed by atoms with E-state index < -0.39 is 5.95 Å². The van der Waals surface area contributed by atoms with Crippen LogP contribution in [0, 0.1) is 5.95 Å². The number of rotatable bonds is 5. The Labute approximate surface area is 154 Å². The first-order chi connectivity index (χ1) is 13.2. The summed E-state index contributed by atoms with van der Waals surface area (Å²) in [4.78, 5) is 7.72. The molecule has 0 radical (unpaired) electrons. The van der Waals surface area contributed by atoms with E-state index in [9.17, 15) is 4.39 Å². The molecule has 0 unspecified atom stereocenters. The minimum atomic E-state index is -0.583. The maximum absolute atomic E-state index is 13.1. The van der Waals surface area contributed by atoms with E-state index in [1.54, 1.807) is 36.5 Å².